The molecule has 1 aliphatic rings. The van der Waals surface area contributed by atoms with E-state index in [1.165, 1.54) is 0 Å². The standard InChI is InChI=1S/C21H15Cl2NO/c22-16-8-6-15(7-9-16)21(13-14-4-2-1-3-5-14)18-11-10-17(23)12-19(18)24-20(21)25/h1-12H,13H2,(H,24,25). The lowest BCUT2D eigenvalue weighted by Gasteiger charge is -2.28. The molecule has 0 fully saturated rings. The molecule has 0 aliphatic carbocycles. The number of carbonyl (C=O) groups excluding carboxylic acids is 1. The van der Waals surface area contributed by atoms with Gasteiger partial charge in [0.1, 0.15) is 5.41 Å². The third-order valence-corrected chi connectivity index (χ3v) is 5.21. The minimum atomic E-state index is -0.800. The van der Waals surface area contributed by atoms with Crippen LogP contribution in [0, 0.1) is 0 Å². The largest absolute Gasteiger partial charge is 0.325 e. The van der Waals surface area contributed by atoms with Crippen LogP contribution >= 0.6 is 23.2 Å². The number of fused-ring (bicyclic) bond motifs is 1. The second kappa shape index (κ2) is 6.21. The topological polar surface area (TPSA) is 29.1 Å². The SMILES string of the molecule is O=C1Nc2cc(Cl)ccc2C1(Cc1ccccc1)c1ccc(Cl)cc1. The lowest BCUT2D eigenvalue weighted by molar-refractivity contribution is -0.119. The summed E-state index contributed by atoms with van der Waals surface area (Å²) in [4.78, 5) is 13.2. The van der Waals surface area contributed by atoms with Crippen molar-refractivity contribution in [1.29, 1.82) is 0 Å². The summed E-state index contributed by atoms with van der Waals surface area (Å²) in [5.74, 6) is -0.0454. The molecule has 3 aromatic carbocycles. The molecule has 0 bridgehead atoms. The van der Waals surface area contributed by atoms with E-state index < -0.39 is 5.41 Å². The molecule has 25 heavy (non-hydrogen) atoms. The van der Waals surface area contributed by atoms with E-state index in [2.05, 4.69) is 5.32 Å². The fraction of sp³-hybridized carbons (Fsp3) is 0.0952. The van der Waals surface area contributed by atoms with Crippen molar-refractivity contribution in [3.05, 3.63) is 99.5 Å². The van der Waals surface area contributed by atoms with E-state index in [1.807, 2.05) is 66.7 Å². The maximum absolute atomic E-state index is 13.2. The first-order chi connectivity index (χ1) is 12.1. The molecule has 0 spiro atoms. The molecular weight excluding hydrogens is 353 g/mol. The van der Waals surface area contributed by atoms with Crippen molar-refractivity contribution in [2.45, 2.75) is 11.8 Å². The van der Waals surface area contributed by atoms with E-state index in [0.29, 0.717) is 16.5 Å². The summed E-state index contributed by atoms with van der Waals surface area (Å²) in [6.45, 7) is 0. The van der Waals surface area contributed by atoms with Gasteiger partial charge in [-0.05, 0) is 47.4 Å². The Hall–Kier alpha value is -2.29. The first-order valence-corrected chi connectivity index (χ1v) is 8.77. The molecule has 0 aromatic heterocycles. The van der Waals surface area contributed by atoms with Crippen molar-refractivity contribution < 1.29 is 4.79 Å². The summed E-state index contributed by atoms with van der Waals surface area (Å²) in [5, 5.41) is 4.26. The second-order valence-corrected chi connectivity index (χ2v) is 7.09. The Kier molecular flexibility index (Phi) is 4.03. The van der Waals surface area contributed by atoms with E-state index in [0.717, 1.165) is 22.4 Å². The molecule has 4 rings (SSSR count). The van der Waals surface area contributed by atoms with Crippen LogP contribution in [0.4, 0.5) is 5.69 Å². The normalized spacial score (nSPS) is 18.7. The Morgan fingerprint density at radius 3 is 2.24 bits per heavy atom. The summed E-state index contributed by atoms with van der Waals surface area (Å²) < 4.78 is 0. The minimum Gasteiger partial charge on any atom is -0.325 e. The smallest absolute Gasteiger partial charge is 0.239 e. The molecule has 4 heteroatoms. The molecule has 1 amide bonds. The van der Waals surface area contributed by atoms with Gasteiger partial charge in [-0.25, -0.2) is 0 Å². The number of amides is 1. The highest BCUT2D eigenvalue weighted by Crippen LogP contribution is 2.46. The van der Waals surface area contributed by atoms with Crippen molar-refractivity contribution in [2.75, 3.05) is 5.32 Å². The van der Waals surface area contributed by atoms with Crippen LogP contribution in [-0.2, 0) is 16.6 Å². The van der Waals surface area contributed by atoms with Crippen LogP contribution in [0.3, 0.4) is 0 Å². The monoisotopic (exact) mass is 367 g/mol. The predicted molar refractivity (Wildman–Crippen MR) is 102 cm³/mol. The Bertz CT molecular complexity index is 938. The zero-order chi connectivity index (χ0) is 17.4. The quantitative estimate of drug-likeness (QED) is 0.652. The highest BCUT2D eigenvalue weighted by Gasteiger charge is 2.48. The fourth-order valence-electron chi connectivity index (χ4n) is 3.54. The molecule has 2 nitrogen and oxygen atoms in total. The first kappa shape index (κ1) is 16.2. The molecule has 0 radical (unpaired) electrons. The van der Waals surface area contributed by atoms with Gasteiger partial charge in [0.05, 0.1) is 0 Å². The maximum atomic E-state index is 13.2. The molecule has 0 saturated heterocycles. The molecule has 1 unspecified atom stereocenters. The number of benzene rings is 3. The van der Waals surface area contributed by atoms with E-state index in [9.17, 15) is 4.79 Å². The van der Waals surface area contributed by atoms with Gasteiger partial charge in [-0.1, -0.05) is 71.7 Å². The molecule has 1 heterocycles. The summed E-state index contributed by atoms with van der Waals surface area (Å²) in [5.41, 5.74) is 2.91. The second-order valence-electron chi connectivity index (χ2n) is 6.22. The first-order valence-electron chi connectivity index (χ1n) is 8.01. The molecule has 3 aromatic rings. The van der Waals surface area contributed by atoms with Gasteiger partial charge in [0.2, 0.25) is 5.91 Å². The highest BCUT2D eigenvalue weighted by atomic mass is 35.5. The maximum Gasteiger partial charge on any atom is 0.239 e. The molecule has 124 valence electrons. The van der Waals surface area contributed by atoms with Crippen molar-refractivity contribution >= 4 is 34.8 Å². The Labute approximate surface area is 156 Å². The van der Waals surface area contributed by atoms with Crippen LogP contribution in [0.2, 0.25) is 10.0 Å². The Balaban J connectivity index is 1.94. The number of nitrogens with one attached hydrogen (secondary N) is 1. The molecule has 0 saturated carbocycles. The van der Waals surface area contributed by atoms with Crippen LogP contribution in [0.1, 0.15) is 16.7 Å². The molecule has 1 N–H and O–H groups in total. The summed E-state index contributed by atoms with van der Waals surface area (Å²) in [7, 11) is 0. The van der Waals surface area contributed by atoms with Crippen LogP contribution in [0.5, 0.6) is 0 Å². The predicted octanol–water partition coefficient (Wildman–Crippen LogP) is 5.47. The van der Waals surface area contributed by atoms with Gasteiger partial charge in [-0.15, -0.1) is 0 Å². The van der Waals surface area contributed by atoms with Gasteiger partial charge < -0.3 is 5.32 Å². The third-order valence-electron chi connectivity index (χ3n) is 4.73. The third kappa shape index (κ3) is 2.72. The number of anilines is 1. The summed E-state index contributed by atoms with van der Waals surface area (Å²) in [6.07, 6.45) is 0.565. The van der Waals surface area contributed by atoms with E-state index in [-0.39, 0.29) is 5.91 Å². The highest BCUT2D eigenvalue weighted by molar-refractivity contribution is 6.31. The van der Waals surface area contributed by atoms with Gasteiger partial charge >= 0.3 is 0 Å². The van der Waals surface area contributed by atoms with Crippen molar-refractivity contribution in [1.82, 2.24) is 0 Å². The van der Waals surface area contributed by atoms with Crippen molar-refractivity contribution in [3.63, 3.8) is 0 Å². The van der Waals surface area contributed by atoms with Gasteiger partial charge in [-0.2, -0.15) is 0 Å². The Morgan fingerprint density at radius 2 is 1.52 bits per heavy atom. The minimum absolute atomic E-state index is 0.0454. The number of rotatable bonds is 3. The van der Waals surface area contributed by atoms with Gasteiger partial charge in [-0.3, -0.25) is 4.79 Å². The van der Waals surface area contributed by atoms with Crippen LogP contribution < -0.4 is 5.32 Å². The average Bonchev–Trinajstić information content (AvgIpc) is 2.88. The number of hydrogen-bond acceptors (Lipinski definition) is 1. The summed E-state index contributed by atoms with van der Waals surface area (Å²) >= 11 is 12.2. The average molecular weight is 368 g/mol. The number of carbonyl (C=O) groups is 1. The van der Waals surface area contributed by atoms with Crippen molar-refractivity contribution in [3.8, 4) is 0 Å². The lowest BCUT2D eigenvalue weighted by Crippen LogP contribution is -2.38. The lowest BCUT2D eigenvalue weighted by atomic mass is 9.71. The Morgan fingerprint density at radius 1 is 0.840 bits per heavy atom. The van der Waals surface area contributed by atoms with E-state index in [4.69, 9.17) is 23.2 Å². The van der Waals surface area contributed by atoms with Gasteiger partial charge in [0.15, 0.2) is 0 Å². The van der Waals surface area contributed by atoms with Gasteiger partial charge in [0, 0.05) is 15.7 Å². The van der Waals surface area contributed by atoms with E-state index in [1.54, 1.807) is 6.07 Å². The van der Waals surface area contributed by atoms with Crippen LogP contribution in [0.15, 0.2) is 72.8 Å². The molecule has 1 atom stereocenters. The van der Waals surface area contributed by atoms with Crippen molar-refractivity contribution in [2.24, 2.45) is 0 Å². The number of halogens is 2. The molecular formula is C21H15Cl2NO. The molecule has 1 aliphatic heterocycles. The van der Waals surface area contributed by atoms with Crippen LogP contribution in [-0.4, -0.2) is 5.91 Å². The zero-order valence-corrected chi connectivity index (χ0v) is 14.8. The fourth-order valence-corrected chi connectivity index (χ4v) is 3.84. The van der Waals surface area contributed by atoms with Gasteiger partial charge in [0.25, 0.3) is 0 Å². The van der Waals surface area contributed by atoms with Crippen LogP contribution in [0.25, 0.3) is 0 Å². The summed E-state index contributed by atoms with van der Waals surface area (Å²) in [6, 6.07) is 23.1. The van der Waals surface area contributed by atoms with E-state index >= 15 is 0 Å². The number of hydrogen-bond donors (Lipinski definition) is 1. The zero-order valence-electron chi connectivity index (χ0n) is 13.3.